The van der Waals surface area contributed by atoms with Crippen molar-refractivity contribution in [2.75, 3.05) is 37.8 Å². The van der Waals surface area contributed by atoms with Gasteiger partial charge in [0.25, 0.3) is 0 Å². The number of imide groups is 1. The van der Waals surface area contributed by atoms with Crippen molar-refractivity contribution in [2.24, 2.45) is 0 Å². The molecule has 0 radical (unpaired) electrons. The number of benzene rings is 2. The second-order valence-electron chi connectivity index (χ2n) is 9.07. The van der Waals surface area contributed by atoms with Crippen LogP contribution in [0.15, 0.2) is 66.9 Å². The summed E-state index contributed by atoms with van der Waals surface area (Å²) in [6.07, 6.45) is 2.38. The lowest BCUT2D eigenvalue weighted by Gasteiger charge is -2.20. The third kappa shape index (κ3) is 7.26. The number of anilines is 2. The monoisotopic (exact) mass is 520 g/mol. The van der Waals surface area contributed by atoms with Crippen molar-refractivity contribution in [3.05, 3.63) is 78.2 Å². The molecule has 1 atom stereocenters. The first kappa shape index (κ1) is 26.6. The number of urea groups is 2. The summed E-state index contributed by atoms with van der Waals surface area (Å²) in [4.78, 5) is 44.7. The summed E-state index contributed by atoms with van der Waals surface area (Å²) in [5, 5.41) is 7.38. The van der Waals surface area contributed by atoms with E-state index in [4.69, 9.17) is 4.74 Å². The van der Waals surface area contributed by atoms with Crippen LogP contribution in [-0.4, -0.2) is 66.0 Å². The average Bonchev–Trinajstić information content (AvgIpc) is 3.38. The van der Waals surface area contributed by atoms with Crippen molar-refractivity contribution in [1.29, 1.82) is 0 Å². The van der Waals surface area contributed by atoms with Crippen molar-refractivity contribution >= 4 is 29.5 Å². The van der Waals surface area contributed by atoms with Gasteiger partial charge in [0.1, 0.15) is 11.6 Å². The minimum absolute atomic E-state index is 0.0401. The molecule has 10 nitrogen and oxygen atoms in total. The molecule has 0 aliphatic carbocycles. The van der Waals surface area contributed by atoms with Gasteiger partial charge in [0.15, 0.2) is 11.6 Å². The number of aromatic nitrogens is 1. The standard InChI is InChI=1S/C27H29FN6O4/c1-33(2)20-11-13-34(17-20)27(37)31-24-16-21(10-12-29-24)38-23-9-8-19(15-22(23)28)30-26(36)32-25(35)14-18-6-4-3-5-7-18/h3-10,12,15-16,20H,11,13-14,17H2,1-2H3,(H,29,31,37)(H2,30,32,35,36)/t20-/m0/s1. The number of nitrogens with one attached hydrogen (secondary N) is 3. The predicted octanol–water partition coefficient (Wildman–Crippen LogP) is 4.07. The molecule has 3 aromatic rings. The molecule has 1 aliphatic heterocycles. The van der Waals surface area contributed by atoms with E-state index < -0.39 is 17.8 Å². The topological polar surface area (TPSA) is 116 Å². The van der Waals surface area contributed by atoms with Crippen LogP contribution in [0.3, 0.4) is 0 Å². The Kier molecular flexibility index (Phi) is 8.49. The lowest BCUT2D eigenvalue weighted by molar-refractivity contribution is -0.119. The second-order valence-corrected chi connectivity index (χ2v) is 9.07. The number of likely N-dealkylation sites (tertiary alicyclic amines) is 1. The fourth-order valence-corrected chi connectivity index (χ4v) is 3.98. The average molecular weight is 521 g/mol. The molecule has 1 aromatic heterocycles. The summed E-state index contributed by atoms with van der Waals surface area (Å²) >= 11 is 0. The van der Waals surface area contributed by atoms with Crippen molar-refractivity contribution in [3.8, 4) is 11.5 Å². The van der Waals surface area contributed by atoms with E-state index >= 15 is 0 Å². The van der Waals surface area contributed by atoms with Crippen LogP contribution in [-0.2, 0) is 11.2 Å². The number of amides is 5. The van der Waals surface area contributed by atoms with E-state index in [9.17, 15) is 18.8 Å². The molecule has 0 saturated carbocycles. The summed E-state index contributed by atoms with van der Waals surface area (Å²) < 4.78 is 20.3. The predicted molar refractivity (Wildman–Crippen MR) is 141 cm³/mol. The van der Waals surface area contributed by atoms with Crippen LogP contribution in [0.4, 0.5) is 25.5 Å². The number of hydrogen-bond donors (Lipinski definition) is 3. The number of nitrogens with zero attached hydrogens (tertiary/aromatic N) is 3. The normalized spacial score (nSPS) is 14.7. The minimum atomic E-state index is -0.775. The molecule has 1 fully saturated rings. The maximum atomic E-state index is 14.7. The Labute approximate surface area is 219 Å². The largest absolute Gasteiger partial charge is 0.454 e. The molecule has 0 bridgehead atoms. The molecule has 198 valence electrons. The summed E-state index contributed by atoms with van der Waals surface area (Å²) in [5.74, 6) is -0.763. The summed E-state index contributed by atoms with van der Waals surface area (Å²) in [6.45, 7) is 1.27. The number of carbonyl (C=O) groups is 3. The zero-order valence-corrected chi connectivity index (χ0v) is 21.1. The van der Waals surface area contributed by atoms with Gasteiger partial charge in [0.2, 0.25) is 5.91 Å². The van der Waals surface area contributed by atoms with Gasteiger partial charge in [-0.2, -0.15) is 0 Å². The van der Waals surface area contributed by atoms with Gasteiger partial charge in [0, 0.05) is 43.1 Å². The molecular formula is C27H29FN6O4. The first-order valence-electron chi connectivity index (χ1n) is 12.1. The number of carbonyl (C=O) groups excluding carboxylic acids is 3. The number of ether oxygens (including phenoxy) is 1. The number of likely N-dealkylation sites (N-methyl/N-ethyl adjacent to an activating group) is 1. The molecule has 1 aliphatic rings. The van der Waals surface area contributed by atoms with Gasteiger partial charge in [0.05, 0.1) is 6.42 Å². The van der Waals surface area contributed by atoms with Crippen molar-refractivity contribution in [2.45, 2.75) is 18.9 Å². The molecule has 1 saturated heterocycles. The molecule has 0 spiro atoms. The van der Waals surface area contributed by atoms with Gasteiger partial charge in [-0.05, 0) is 44.3 Å². The van der Waals surface area contributed by atoms with Crippen LogP contribution >= 0.6 is 0 Å². The van der Waals surface area contributed by atoms with Crippen molar-refractivity contribution in [3.63, 3.8) is 0 Å². The first-order valence-corrected chi connectivity index (χ1v) is 12.1. The first-order chi connectivity index (χ1) is 18.3. The molecule has 0 unspecified atom stereocenters. The Morgan fingerprint density at radius 3 is 2.58 bits per heavy atom. The van der Waals surface area contributed by atoms with Gasteiger partial charge < -0.3 is 19.9 Å². The molecule has 4 rings (SSSR count). The highest BCUT2D eigenvalue weighted by Crippen LogP contribution is 2.28. The molecular weight excluding hydrogens is 491 g/mol. The molecule has 11 heteroatoms. The number of hydrogen-bond acceptors (Lipinski definition) is 6. The molecule has 2 heterocycles. The Balaban J connectivity index is 1.31. The van der Waals surface area contributed by atoms with E-state index in [0.29, 0.717) is 19.1 Å². The highest BCUT2D eigenvalue weighted by molar-refractivity contribution is 6.01. The molecule has 2 aromatic carbocycles. The second kappa shape index (κ2) is 12.2. The smallest absolute Gasteiger partial charge is 0.325 e. The fourth-order valence-electron chi connectivity index (χ4n) is 3.98. The quantitative estimate of drug-likeness (QED) is 0.433. The molecule has 5 amide bonds. The van der Waals surface area contributed by atoms with E-state index in [-0.39, 0.29) is 35.5 Å². The zero-order valence-electron chi connectivity index (χ0n) is 21.1. The summed E-state index contributed by atoms with van der Waals surface area (Å²) in [5.41, 5.74) is 0.905. The maximum Gasteiger partial charge on any atom is 0.325 e. The number of halogens is 1. The third-order valence-corrected chi connectivity index (χ3v) is 6.03. The lowest BCUT2D eigenvalue weighted by atomic mass is 10.1. The molecule has 38 heavy (non-hydrogen) atoms. The van der Waals surface area contributed by atoms with Crippen LogP contribution in [0.1, 0.15) is 12.0 Å². The van der Waals surface area contributed by atoms with Crippen LogP contribution in [0.5, 0.6) is 11.5 Å². The van der Waals surface area contributed by atoms with E-state index in [1.54, 1.807) is 29.2 Å². The Morgan fingerprint density at radius 1 is 1.08 bits per heavy atom. The van der Waals surface area contributed by atoms with Gasteiger partial charge in [-0.1, -0.05) is 30.3 Å². The SMILES string of the molecule is CN(C)[C@H]1CCN(C(=O)Nc2cc(Oc3ccc(NC(=O)NC(=O)Cc4ccccc4)cc3F)ccn2)C1. The summed E-state index contributed by atoms with van der Waals surface area (Å²) in [7, 11) is 3.97. The van der Waals surface area contributed by atoms with Crippen LogP contribution in [0, 0.1) is 5.82 Å². The van der Waals surface area contributed by atoms with Gasteiger partial charge in [-0.25, -0.2) is 19.0 Å². The Morgan fingerprint density at radius 2 is 1.87 bits per heavy atom. The zero-order chi connectivity index (χ0) is 27.1. The van der Waals surface area contributed by atoms with Crippen LogP contribution in [0.25, 0.3) is 0 Å². The highest BCUT2D eigenvalue weighted by Gasteiger charge is 2.27. The fraction of sp³-hybridized carbons (Fsp3) is 0.259. The Hall–Kier alpha value is -4.51. The van der Waals surface area contributed by atoms with Gasteiger partial charge in [-0.15, -0.1) is 0 Å². The van der Waals surface area contributed by atoms with Gasteiger partial charge in [-0.3, -0.25) is 15.4 Å². The maximum absolute atomic E-state index is 14.7. The number of rotatable bonds is 7. The number of pyridine rings is 1. The van der Waals surface area contributed by atoms with E-state index in [1.807, 2.05) is 20.2 Å². The van der Waals surface area contributed by atoms with Crippen molar-refractivity contribution in [1.82, 2.24) is 20.1 Å². The van der Waals surface area contributed by atoms with E-state index in [2.05, 4.69) is 25.8 Å². The minimum Gasteiger partial charge on any atom is -0.454 e. The lowest BCUT2D eigenvalue weighted by Crippen LogP contribution is -2.37. The highest BCUT2D eigenvalue weighted by atomic mass is 19.1. The van der Waals surface area contributed by atoms with Crippen LogP contribution < -0.4 is 20.7 Å². The van der Waals surface area contributed by atoms with Gasteiger partial charge >= 0.3 is 12.1 Å². The summed E-state index contributed by atoms with van der Waals surface area (Å²) in [6, 6.07) is 15.2. The van der Waals surface area contributed by atoms with Crippen LogP contribution in [0.2, 0.25) is 0 Å². The van der Waals surface area contributed by atoms with Crippen molar-refractivity contribution < 1.29 is 23.5 Å². The molecule has 3 N–H and O–H groups in total. The Bertz CT molecular complexity index is 1300. The van der Waals surface area contributed by atoms with E-state index in [0.717, 1.165) is 18.1 Å². The third-order valence-electron chi connectivity index (χ3n) is 6.03. The van der Waals surface area contributed by atoms with E-state index in [1.165, 1.54) is 30.5 Å².